The molecule has 1 saturated carbocycles. The summed E-state index contributed by atoms with van der Waals surface area (Å²) in [6, 6.07) is 6.48. The number of halogens is 2. The van der Waals surface area contributed by atoms with Crippen LogP contribution in [0.5, 0.6) is 29.4 Å². The average Bonchev–Trinajstić information content (AvgIpc) is 3.69. The molecule has 0 amide bonds. The van der Waals surface area contributed by atoms with Crippen molar-refractivity contribution in [3.05, 3.63) is 35.6 Å². The van der Waals surface area contributed by atoms with Gasteiger partial charge in [0.25, 0.3) is 0 Å². The van der Waals surface area contributed by atoms with E-state index in [0.717, 1.165) is 38.6 Å². The van der Waals surface area contributed by atoms with E-state index < -0.39 is 20.1 Å². The highest BCUT2D eigenvalue weighted by atomic mass is 28.3. The lowest BCUT2D eigenvalue weighted by atomic mass is 9.93. The van der Waals surface area contributed by atoms with Crippen LogP contribution in [-0.2, 0) is 0 Å². The largest absolute Gasteiger partial charge is 0.508 e. The number of ether oxygens (including phenoxy) is 3. The van der Waals surface area contributed by atoms with E-state index in [9.17, 15) is 9.50 Å². The van der Waals surface area contributed by atoms with Gasteiger partial charge in [-0.1, -0.05) is 53.5 Å². The number of hydrogen-bond donors (Lipinski definition) is 1. The molecule has 2 atom stereocenters. The molecule has 272 valence electrons. The first kappa shape index (κ1) is 35.4. The van der Waals surface area contributed by atoms with Crippen molar-refractivity contribution in [2.75, 3.05) is 26.8 Å². The van der Waals surface area contributed by atoms with Gasteiger partial charge in [-0.25, -0.2) is 8.78 Å². The Morgan fingerprint density at radius 2 is 1.78 bits per heavy atom. The standard InChI is InChI=1S/C39H49F2N5O4Si/c1-23(2)51(24(3)4,25(5)6)17-14-30-31(41)13-12-26-18-29(47)19-32(33(26)30)50-38-43-35-34(46(38)28-10-8-11-28)36(48-7)44-37(42-35)49-22-39-15-9-16-45(39)21-27(40)20-39/h12-13,18-19,23-25,27-28,47H,8-11,15-16,20-22H2,1-7H3/t27-,39+/m1/s1. The summed E-state index contributed by atoms with van der Waals surface area (Å²) in [6.45, 7) is 14.9. The third kappa shape index (κ3) is 6.10. The monoisotopic (exact) mass is 717 g/mol. The van der Waals surface area contributed by atoms with Crippen LogP contribution in [0.2, 0.25) is 16.6 Å². The highest BCUT2D eigenvalue weighted by molar-refractivity contribution is 6.90. The van der Waals surface area contributed by atoms with E-state index in [0.29, 0.717) is 51.5 Å². The normalized spacial score (nSPS) is 21.1. The number of phenols is 1. The minimum Gasteiger partial charge on any atom is -0.508 e. The molecule has 2 saturated heterocycles. The first-order valence-corrected chi connectivity index (χ1v) is 20.6. The number of aromatic hydroxyl groups is 1. The number of rotatable bonds is 10. The summed E-state index contributed by atoms with van der Waals surface area (Å²) in [6.07, 6.45) is 4.25. The molecule has 3 fully saturated rings. The second kappa shape index (κ2) is 13.5. The molecule has 2 aromatic heterocycles. The number of nitrogens with zero attached hydrogens (tertiary/aromatic N) is 5. The van der Waals surface area contributed by atoms with E-state index in [-0.39, 0.29) is 53.2 Å². The van der Waals surface area contributed by atoms with Crippen LogP contribution in [-0.4, -0.2) is 76.1 Å². The van der Waals surface area contributed by atoms with E-state index in [1.165, 1.54) is 19.2 Å². The molecule has 4 heterocycles. The van der Waals surface area contributed by atoms with Gasteiger partial charge in [0, 0.05) is 30.5 Å². The molecule has 12 heteroatoms. The first-order valence-electron chi connectivity index (χ1n) is 18.4. The number of imidazole rings is 1. The third-order valence-electron chi connectivity index (χ3n) is 11.8. The molecule has 2 aliphatic heterocycles. The SMILES string of the molecule is COc1nc(OC[C@@]23CCCN2C[C@H](F)C3)nc2nc(Oc3cc(O)cc4ccc(F)c(C#C[Si](C(C)C)(C(C)C)C(C)C)c34)n(C3CCC3)c12. The zero-order chi connectivity index (χ0) is 36.2. The van der Waals surface area contributed by atoms with Crippen LogP contribution in [0.1, 0.15) is 91.7 Å². The van der Waals surface area contributed by atoms with Gasteiger partial charge in [0.05, 0.1) is 18.2 Å². The lowest BCUT2D eigenvalue weighted by Crippen LogP contribution is -2.43. The van der Waals surface area contributed by atoms with Gasteiger partial charge in [0.2, 0.25) is 5.88 Å². The Hall–Kier alpha value is -3.95. The minimum absolute atomic E-state index is 0.0274. The highest BCUT2D eigenvalue weighted by Gasteiger charge is 2.49. The van der Waals surface area contributed by atoms with Crippen molar-refractivity contribution >= 4 is 30.0 Å². The molecule has 1 N–H and O–H groups in total. The van der Waals surface area contributed by atoms with Crippen LogP contribution in [0.15, 0.2) is 24.3 Å². The molecular weight excluding hydrogens is 669 g/mol. The van der Waals surface area contributed by atoms with Gasteiger partial charge >= 0.3 is 12.0 Å². The zero-order valence-corrected chi connectivity index (χ0v) is 31.7. The zero-order valence-electron chi connectivity index (χ0n) is 30.7. The fourth-order valence-corrected chi connectivity index (χ4v) is 14.3. The first-order chi connectivity index (χ1) is 24.4. The van der Waals surface area contributed by atoms with Crippen molar-refractivity contribution in [2.45, 2.75) is 114 Å². The summed E-state index contributed by atoms with van der Waals surface area (Å²) in [5, 5.41) is 11.9. The number of hydrogen-bond acceptors (Lipinski definition) is 8. The minimum atomic E-state index is -2.21. The molecular formula is C39H49F2N5O4Si. The van der Waals surface area contributed by atoms with Crippen molar-refractivity contribution in [2.24, 2.45) is 0 Å². The van der Waals surface area contributed by atoms with Gasteiger partial charge in [-0.2, -0.15) is 15.0 Å². The summed E-state index contributed by atoms with van der Waals surface area (Å²) in [5.74, 6) is 3.36. The van der Waals surface area contributed by atoms with Crippen LogP contribution in [0, 0.1) is 17.3 Å². The number of alkyl halides is 1. The summed E-state index contributed by atoms with van der Waals surface area (Å²) >= 11 is 0. The van der Waals surface area contributed by atoms with E-state index in [2.05, 4.69) is 62.9 Å². The Bertz CT molecular complexity index is 2000. The number of methoxy groups -OCH3 is 1. The smallest absolute Gasteiger partial charge is 0.321 e. The van der Waals surface area contributed by atoms with Gasteiger partial charge in [0.15, 0.2) is 11.2 Å². The second-order valence-corrected chi connectivity index (χ2v) is 21.2. The number of phenolic OH excluding ortho intramolecular Hbond substituents is 1. The Morgan fingerprint density at radius 1 is 1.04 bits per heavy atom. The van der Waals surface area contributed by atoms with Crippen molar-refractivity contribution in [3.63, 3.8) is 0 Å². The third-order valence-corrected chi connectivity index (χ3v) is 18.1. The maximum absolute atomic E-state index is 15.9. The predicted molar refractivity (Wildman–Crippen MR) is 197 cm³/mol. The van der Waals surface area contributed by atoms with Crippen molar-refractivity contribution in [3.8, 4) is 40.9 Å². The van der Waals surface area contributed by atoms with E-state index in [1.54, 1.807) is 12.1 Å². The van der Waals surface area contributed by atoms with Gasteiger partial charge in [-0.15, -0.1) is 5.54 Å². The molecule has 51 heavy (non-hydrogen) atoms. The molecule has 0 radical (unpaired) electrons. The highest BCUT2D eigenvalue weighted by Crippen LogP contribution is 2.45. The van der Waals surface area contributed by atoms with Crippen molar-refractivity contribution in [1.29, 1.82) is 0 Å². The van der Waals surface area contributed by atoms with Gasteiger partial charge in [-0.3, -0.25) is 9.47 Å². The lowest BCUT2D eigenvalue weighted by molar-refractivity contribution is 0.107. The van der Waals surface area contributed by atoms with Gasteiger partial charge in [-0.05, 0) is 72.8 Å². The molecule has 3 aliphatic rings. The van der Waals surface area contributed by atoms with Crippen LogP contribution in [0.25, 0.3) is 21.9 Å². The predicted octanol–water partition coefficient (Wildman–Crippen LogP) is 8.87. The lowest BCUT2D eigenvalue weighted by Gasteiger charge is -2.38. The van der Waals surface area contributed by atoms with E-state index >= 15 is 4.39 Å². The van der Waals surface area contributed by atoms with E-state index in [1.807, 2.05) is 4.57 Å². The van der Waals surface area contributed by atoms with Crippen molar-refractivity contribution in [1.82, 2.24) is 24.4 Å². The molecule has 4 aromatic rings. The molecule has 1 aliphatic carbocycles. The van der Waals surface area contributed by atoms with Crippen LogP contribution < -0.4 is 14.2 Å². The molecule has 2 aromatic carbocycles. The summed E-state index contributed by atoms with van der Waals surface area (Å²) in [7, 11) is -0.667. The molecule has 0 unspecified atom stereocenters. The number of fused-ring (bicyclic) bond motifs is 3. The molecule has 9 nitrogen and oxygen atoms in total. The maximum Gasteiger partial charge on any atom is 0.321 e. The molecule has 0 spiro atoms. The van der Waals surface area contributed by atoms with Crippen molar-refractivity contribution < 1.29 is 28.1 Å². The quantitative estimate of drug-likeness (QED) is 0.128. The average molecular weight is 718 g/mol. The maximum atomic E-state index is 15.9. The Morgan fingerprint density at radius 3 is 2.45 bits per heavy atom. The summed E-state index contributed by atoms with van der Waals surface area (Å²) in [5.41, 5.74) is 5.53. The van der Waals surface area contributed by atoms with Crippen LogP contribution in [0.3, 0.4) is 0 Å². The Balaban J connectivity index is 1.33. The topological polar surface area (TPSA) is 94.8 Å². The Kier molecular flexibility index (Phi) is 9.42. The molecule has 0 bridgehead atoms. The van der Waals surface area contributed by atoms with Gasteiger partial charge < -0.3 is 19.3 Å². The van der Waals surface area contributed by atoms with Gasteiger partial charge in [0.1, 0.15) is 38.2 Å². The van der Waals surface area contributed by atoms with Crippen LogP contribution in [0.4, 0.5) is 8.78 Å². The molecule has 7 rings (SSSR count). The fourth-order valence-electron chi connectivity index (χ4n) is 9.13. The Labute approximate surface area is 299 Å². The second-order valence-electron chi connectivity index (χ2n) is 15.6. The summed E-state index contributed by atoms with van der Waals surface area (Å²) in [4.78, 5) is 16.3. The summed E-state index contributed by atoms with van der Waals surface area (Å²) < 4.78 is 50.8. The van der Waals surface area contributed by atoms with E-state index in [4.69, 9.17) is 24.2 Å². The fraction of sp³-hybridized carbons (Fsp3) is 0.564. The number of benzene rings is 2. The van der Waals surface area contributed by atoms with Crippen LogP contribution >= 0.6 is 0 Å². The number of aromatic nitrogens is 4.